The summed E-state index contributed by atoms with van der Waals surface area (Å²) < 4.78 is 41.3. The van der Waals surface area contributed by atoms with E-state index in [-0.39, 0.29) is 0 Å². The van der Waals surface area contributed by atoms with Crippen LogP contribution in [0.1, 0.15) is 23.1 Å². The molecule has 0 saturated carbocycles. The van der Waals surface area contributed by atoms with Gasteiger partial charge in [0.25, 0.3) is 0 Å². The maximum Gasteiger partial charge on any atom is 0.368 e. The van der Waals surface area contributed by atoms with Gasteiger partial charge in [0.15, 0.2) is 16.1 Å². The van der Waals surface area contributed by atoms with Gasteiger partial charge in [-0.3, -0.25) is 0 Å². The zero-order valence-corrected chi connectivity index (χ0v) is 18.6. The Labute approximate surface area is 188 Å². The van der Waals surface area contributed by atoms with Crippen molar-refractivity contribution in [3.63, 3.8) is 0 Å². The van der Waals surface area contributed by atoms with Crippen molar-refractivity contribution >= 4 is 17.6 Å². The number of amidine groups is 1. The molecule has 2 aromatic rings. The van der Waals surface area contributed by atoms with Crippen LogP contribution in [0.4, 0.5) is 0 Å². The van der Waals surface area contributed by atoms with Gasteiger partial charge in [-0.2, -0.15) is 14.0 Å². The van der Waals surface area contributed by atoms with E-state index in [1.54, 1.807) is 11.2 Å². The van der Waals surface area contributed by atoms with Crippen molar-refractivity contribution in [1.29, 1.82) is 0 Å². The van der Waals surface area contributed by atoms with Gasteiger partial charge in [0, 0.05) is 12.1 Å². The zero-order valence-electron chi connectivity index (χ0n) is 17.8. The van der Waals surface area contributed by atoms with Crippen LogP contribution in [0.2, 0.25) is 0 Å². The molecule has 0 spiro atoms. The molecule has 4 rings (SSSR count). The van der Waals surface area contributed by atoms with Crippen LogP contribution in [0.25, 0.3) is 11.8 Å². The van der Waals surface area contributed by atoms with Gasteiger partial charge in [0.05, 0.1) is 5.56 Å². The lowest BCUT2D eigenvalue weighted by molar-refractivity contribution is -1.94. The predicted molar refractivity (Wildman–Crippen MR) is 110 cm³/mol. The maximum absolute atomic E-state index is 11.7. The van der Waals surface area contributed by atoms with E-state index < -0.39 is 10.2 Å². The Kier molecular flexibility index (Phi) is 6.35. The average Bonchev–Trinajstić information content (AvgIpc) is 2.76. The molecule has 2 aliphatic heterocycles. The summed E-state index contributed by atoms with van der Waals surface area (Å²) in [5, 5.41) is 4.96. The third kappa shape index (κ3) is 4.87. The summed E-state index contributed by atoms with van der Waals surface area (Å²) in [6, 6.07) is 16.6. The molecule has 2 heterocycles. The van der Waals surface area contributed by atoms with Crippen LogP contribution in [0.15, 0.2) is 66.6 Å². The first kappa shape index (κ1) is 22.1. The minimum Gasteiger partial charge on any atom is -0.365 e. The fourth-order valence-electron chi connectivity index (χ4n) is 3.62. The van der Waals surface area contributed by atoms with Gasteiger partial charge >= 0.3 is 5.84 Å². The predicted octanol–water partition coefficient (Wildman–Crippen LogP) is -1.05. The SMILES string of the molecule is CN(C)CCCNC1=C(c2ccccc2)[N+](O[Cl+3]([O-])([O-])[O-])=C2c3ccccc3C=CN2N1. The van der Waals surface area contributed by atoms with Crippen LogP contribution in [-0.4, -0.2) is 47.7 Å². The molecule has 2 N–H and O–H groups in total. The van der Waals surface area contributed by atoms with E-state index in [0.29, 0.717) is 35.0 Å². The second kappa shape index (κ2) is 9.19. The number of hydrazine groups is 1. The molecule has 32 heavy (non-hydrogen) atoms. The highest BCUT2D eigenvalue weighted by Gasteiger charge is 2.45. The lowest BCUT2D eigenvalue weighted by atomic mass is 10.0. The Balaban J connectivity index is 1.86. The van der Waals surface area contributed by atoms with Crippen molar-refractivity contribution in [2.24, 2.45) is 0 Å². The molecule has 2 aromatic carbocycles. The molecule has 168 valence electrons. The Morgan fingerprint density at radius 3 is 2.50 bits per heavy atom. The van der Waals surface area contributed by atoms with Crippen molar-refractivity contribution in [3.05, 3.63) is 83.3 Å². The molecule has 0 atom stereocenters. The molecular weight excluding hydrogens is 434 g/mol. The van der Waals surface area contributed by atoms with Gasteiger partial charge in [-0.1, -0.05) is 48.5 Å². The molecule has 0 aromatic heterocycles. The third-order valence-electron chi connectivity index (χ3n) is 4.98. The topological polar surface area (TPSA) is 112 Å². The second-order valence-electron chi connectivity index (χ2n) is 7.62. The Morgan fingerprint density at radius 2 is 1.78 bits per heavy atom. The summed E-state index contributed by atoms with van der Waals surface area (Å²) in [5.74, 6) is 0.884. The lowest BCUT2D eigenvalue weighted by Crippen LogP contribution is -2.64. The van der Waals surface area contributed by atoms with Gasteiger partial charge in [-0.15, -0.1) is 5.01 Å². The number of nitrogens with one attached hydrogen (secondary N) is 2. The van der Waals surface area contributed by atoms with Crippen LogP contribution in [0.3, 0.4) is 0 Å². The molecule has 2 aliphatic rings. The van der Waals surface area contributed by atoms with Crippen molar-refractivity contribution < 1.29 is 33.3 Å². The summed E-state index contributed by atoms with van der Waals surface area (Å²) in [5.41, 5.74) is 5.93. The number of halogens is 1. The minimum absolute atomic E-state index is 0.368. The van der Waals surface area contributed by atoms with E-state index in [0.717, 1.165) is 23.3 Å². The Morgan fingerprint density at radius 1 is 1.06 bits per heavy atom. The number of benzene rings is 2. The molecule has 0 radical (unpaired) electrons. The van der Waals surface area contributed by atoms with Gasteiger partial charge < -0.3 is 10.2 Å². The first-order valence-corrected chi connectivity index (χ1v) is 11.4. The van der Waals surface area contributed by atoms with E-state index in [9.17, 15) is 14.0 Å². The molecule has 10 heteroatoms. The standard InChI is InChI=1S/C22H25ClN5O4/c1-26(2)15-8-14-24-21-20(18-10-4-3-5-11-18)28(32-23(29,30)31)22-19-12-7-6-9-17(19)13-16-27(22)25-21/h3-7,9-13,16,24-25H,8,14-15H2,1-2H3/q+1. The van der Waals surface area contributed by atoms with Crippen LogP contribution in [0, 0.1) is 10.2 Å². The summed E-state index contributed by atoms with van der Waals surface area (Å²) >= 11 is 0. The number of hydroxylamine groups is 1. The van der Waals surface area contributed by atoms with Gasteiger partial charge in [-0.25, -0.2) is 5.43 Å². The average molecular weight is 459 g/mol. The molecule has 0 fully saturated rings. The first-order valence-electron chi connectivity index (χ1n) is 10.1. The second-order valence-corrected chi connectivity index (χ2v) is 8.52. The third-order valence-corrected chi connectivity index (χ3v) is 5.29. The smallest absolute Gasteiger partial charge is 0.365 e. The summed E-state index contributed by atoms with van der Waals surface area (Å²) in [6.45, 7) is 1.50. The van der Waals surface area contributed by atoms with E-state index in [4.69, 9.17) is 4.39 Å². The zero-order chi connectivity index (χ0) is 22.7. The highest BCUT2D eigenvalue weighted by molar-refractivity contribution is 6.02. The summed E-state index contributed by atoms with van der Waals surface area (Å²) in [6.07, 6.45) is 4.50. The Hall–Kier alpha value is -3.08. The number of rotatable bonds is 8. The van der Waals surface area contributed by atoms with Crippen molar-refractivity contribution in [1.82, 2.24) is 20.7 Å². The molecule has 0 unspecified atom stereocenters. The largest absolute Gasteiger partial charge is 0.368 e. The normalized spacial score (nSPS) is 15.5. The highest BCUT2D eigenvalue weighted by Crippen LogP contribution is 2.29. The number of hydrogen-bond donors (Lipinski definition) is 2. The highest BCUT2D eigenvalue weighted by atomic mass is 35.7. The van der Waals surface area contributed by atoms with Crippen molar-refractivity contribution in [2.45, 2.75) is 6.42 Å². The summed E-state index contributed by atoms with van der Waals surface area (Å²) in [7, 11) is -0.762. The van der Waals surface area contributed by atoms with Gasteiger partial charge in [-0.05, 0) is 44.8 Å². The van der Waals surface area contributed by atoms with Crippen molar-refractivity contribution in [2.75, 3.05) is 27.2 Å². The number of nitrogens with zero attached hydrogens (tertiary/aromatic N) is 3. The number of fused-ring (bicyclic) bond motifs is 3. The lowest BCUT2D eigenvalue weighted by Gasteiger charge is -2.28. The van der Waals surface area contributed by atoms with E-state index in [1.807, 2.05) is 74.8 Å². The fourth-order valence-corrected chi connectivity index (χ4v) is 3.92. The van der Waals surface area contributed by atoms with Crippen LogP contribution in [-0.2, 0) is 4.39 Å². The van der Waals surface area contributed by atoms with Crippen LogP contribution < -0.4 is 24.7 Å². The molecule has 0 bridgehead atoms. The monoisotopic (exact) mass is 458 g/mol. The Bertz CT molecular complexity index is 1060. The van der Waals surface area contributed by atoms with Crippen molar-refractivity contribution in [3.8, 4) is 0 Å². The quantitative estimate of drug-likeness (QED) is 0.380. The van der Waals surface area contributed by atoms with Gasteiger partial charge in [0.2, 0.25) is 5.70 Å². The van der Waals surface area contributed by atoms with E-state index >= 15 is 0 Å². The van der Waals surface area contributed by atoms with Gasteiger partial charge in [0.1, 0.15) is 15.3 Å². The molecule has 0 saturated heterocycles. The molecule has 0 aliphatic carbocycles. The molecular formula is C22H25ClN5O4+. The van der Waals surface area contributed by atoms with Crippen LogP contribution >= 0.6 is 0 Å². The molecule has 9 nitrogen and oxygen atoms in total. The maximum atomic E-state index is 11.7. The molecule has 0 amide bonds. The van der Waals surface area contributed by atoms with E-state index in [2.05, 4.69) is 15.6 Å². The fraction of sp³-hybridized carbons (Fsp3) is 0.227. The number of hydrogen-bond acceptors (Lipinski definition) is 8. The first-order chi connectivity index (χ1) is 15.3. The van der Waals surface area contributed by atoms with E-state index in [1.165, 1.54) is 0 Å². The minimum atomic E-state index is -4.76. The van der Waals surface area contributed by atoms with Crippen LogP contribution in [0.5, 0.6) is 0 Å². The summed E-state index contributed by atoms with van der Waals surface area (Å²) in [4.78, 5) is 2.08.